The SMILES string of the molecule is CN(C)C(CNC(=O)C1CC1c1ccccc1Cl)c1ccccc1Cl. The minimum absolute atomic E-state index is 0.00829. The molecule has 2 aromatic rings. The monoisotopic (exact) mass is 376 g/mol. The van der Waals surface area contributed by atoms with Crippen LogP contribution in [0.3, 0.4) is 0 Å². The fourth-order valence-electron chi connectivity index (χ4n) is 3.25. The lowest BCUT2D eigenvalue weighted by atomic mass is 10.1. The summed E-state index contributed by atoms with van der Waals surface area (Å²) in [4.78, 5) is 14.6. The Morgan fingerprint density at radius 1 is 1.12 bits per heavy atom. The highest BCUT2D eigenvalue weighted by Gasteiger charge is 2.44. The van der Waals surface area contributed by atoms with Gasteiger partial charge >= 0.3 is 0 Å². The molecule has 1 aliphatic carbocycles. The molecule has 3 unspecified atom stereocenters. The van der Waals surface area contributed by atoms with Gasteiger partial charge < -0.3 is 10.2 Å². The van der Waals surface area contributed by atoms with Crippen LogP contribution >= 0.6 is 23.2 Å². The Morgan fingerprint density at radius 3 is 2.40 bits per heavy atom. The molecule has 1 saturated carbocycles. The summed E-state index contributed by atoms with van der Waals surface area (Å²) in [7, 11) is 3.98. The number of halogens is 2. The molecular formula is C20H22Cl2N2O. The van der Waals surface area contributed by atoms with Crippen LogP contribution in [0, 0.1) is 5.92 Å². The van der Waals surface area contributed by atoms with Crippen LogP contribution in [0.1, 0.15) is 29.5 Å². The molecule has 1 amide bonds. The van der Waals surface area contributed by atoms with E-state index in [1.165, 1.54) is 0 Å². The summed E-state index contributed by atoms with van der Waals surface area (Å²) in [5, 5.41) is 4.55. The summed E-state index contributed by atoms with van der Waals surface area (Å²) in [6, 6.07) is 15.6. The lowest BCUT2D eigenvalue weighted by Gasteiger charge is -2.26. The Labute approximate surface area is 158 Å². The molecule has 0 bridgehead atoms. The van der Waals surface area contributed by atoms with Crippen molar-refractivity contribution in [2.24, 2.45) is 5.92 Å². The molecule has 1 N–H and O–H groups in total. The van der Waals surface area contributed by atoms with Gasteiger partial charge in [0.05, 0.1) is 6.04 Å². The third-order valence-electron chi connectivity index (χ3n) is 4.79. The zero-order chi connectivity index (χ0) is 18.0. The van der Waals surface area contributed by atoms with Crippen LogP contribution in [0.15, 0.2) is 48.5 Å². The first-order chi connectivity index (χ1) is 12.0. The number of nitrogens with zero attached hydrogens (tertiary/aromatic N) is 1. The maximum absolute atomic E-state index is 12.5. The maximum Gasteiger partial charge on any atom is 0.223 e. The van der Waals surface area contributed by atoms with Gasteiger partial charge in [-0.1, -0.05) is 59.6 Å². The third kappa shape index (κ3) is 4.17. The van der Waals surface area contributed by atoms with Crippen LogP contribution in [0.5, 0.6) is 0 Å². The zero-order valence-corrected chi connectivity index (χ0v) is 15.9. The van der Waals surface area contributed by atoms with Gasteiger partial charge in [0.15, 0.2) is 0 Å². The van der Waals surface area contributed by atoms with Gasteiger partial charge in [0.25, 0.3) is 0 Å². The molecule has 0 radical (unpaired) electrons. The second kappa shape index (κ2) is 7.77. The average Bonchev–Trinajstić information content (AvgIpc) is 3.37. The van der Waals surface area contributed by atoms with Gasteiger partial charge in [-0.3, -0.25) is 4.79 Å². The number of amides is 1. The van der Waals surface area contributed by atoms with Gasteiger partial charge in [0.1, 0.15) is 0 Å². The van der Waals surface area contributed by atoms with Gasteiger partial charge in [0, 0.05) is 22.5 Å². The van der Waals surface area contributed by atoms with Gasteiger partial charge in [-0.15, -0.1) is 0 Å². The van der Waals surface area contributed by atoms with Crippen LogP contribution in [0.2, 0.25) is 10.0 Å². The standard InChI is InChI=1S/C20H22Cl2N2O/c1-24(2)19(14-8-4-6-10-18(14)22)12-23-20(25)16-11-15(16)13-7-3-5-9-17(13)21/h3-10,15-16,19H,11-12H2,1-2H3,(H,23,25). The summed E-state index contributed by atoms with van der Waals surface area (Å²) in [6.45, 7) is 0.529. The fraction of sp³-hybridized carbons (Fsp3) is 0.350. The third-order valence-corrected chi connectivity index (χ3v) is 5.48. The highest BCUT2D eigenvalue weighted by Crippen LogP contribution is 2.49. The van der Waals surface area contributed by atoms with E-state index in [1.807, 2.05) is 62.6 Å². The van der Waals surface area contributed by atoms with Crippen LogP contribution in [0.4, 0.5) is 0 Å². The molecule has 2 aromatic carbocycles. The number of carbonyl (C=O) groups is 1. The van der Waals surface area contributed by atoms with Gasteiger partial charge in [0.2, 0.25) is 5.91 Å². The molecule has 132 valence electrons. The Morgan fingerprint density at radius 2 is 1.76 bits per heavy atom. The second-order valence-electron chi connectivity index (χ2n) is 6.72. The molecule has 5 heteroatoms. The van der Waals surface area contributed by atoms with Crippen LogP contribution in [-0.4, -0.2) is 31.4 Å². The van der Waals surface area contributed by atoms with Gasteiger partial charge in [-0.25, -0.2) is 0 Å². The Kier molecular flexibility index (Phi) is 5.67. The van der Waals surface area contributed by atoms with Crippen molar-refractivity contribution in [2.45, 2.75) is 18.4 Å². The van der Waals surface area contributed by atoms with Crippen LogP contribution in [0.25, 0.3) is 0 Å². The predicted molar refractivity (Wildman–Crippen MR) is 103 cm³/mol. The van der Waals surface area contributed by atoms with E-state index in [9.17, 15) is 4.79 Å². The Bertz CT molecular complexity index is 763. The molecule has 25 heavy (non-hydrogen) atoms. The van der Waals surface area contributed by atoms with E-state index in [4.69, 9.17) is 23.2 Å². The van der Waals surface area contributed by atoms with Gasteiger partial charge in [-0.05, 0) is 49.7 Å². The van der Waals surface area contributed by atoms with Crippen LogP contribution in [-0.2, 0) is 4.79 Å². The molecule has 0 spiro atoms. The first-order valence-corrected chi connectivity index (χ1v) is 9.17. The first kappa shape index (κ1) is 18.2. The number of benzene rings is 2. The molecule has 1 aliphatic rings. The van der Waals surface area contributed by atoms with Crippen molar-refractivity contribution in [3.63, 3.8) is 0 Å². The van der Waals surface area contributed by atoms with Gasteiger partial charge in [-0.2, -0.15) is 0 Å². The number of carbonyl (C=O) groups excluding carboxylic acids is 1. The number of likely N-dealkylation sites (N-methyl/N-ethyl adjacent to an activating group) is 1. The maximum atomic E-state index is 12.5. The summed E-state index contributed by atoms with van der Waals surface area (Å²) >= 11 is 12.6. The molecule has 3 nitrogen and oxygen atoms in total. The lowest BCUT2D eigenvalue weighted by Crippen LogP contribution is -2.35. The summed E-state index contributed by atoms with van der Waals surface area (Å²) in [5.74, 6) is 0.324. The van der Waals surface area contributed by atoms with Crippen molar-refractivity contribution in [1.29, 1.82) is 0 Å². The summed E-state index contributed by atoms with van der Waals surface area (Å²) < 4.78 is 0. The van der Waals surface area contributed by atoms with Crippen LogP contribution < -0.4 is 5.32 Å². The Balaban J connectivity index is 1.62. The minimum Gasteiger partial charge on any atom is -0.354 e. The van der Waals surface area contributed by atoms with E-state index in [1.54, 1.807) is 0 Å². The molecule has 0 saturated heterocycles. The normalized spacial score (nSPS) is 20.4. The van der Waals surface area contributed by atoms with Crippen molar-refractivity contribution in [3.8, 4) is 0 Å². The molecular weight excluding hydrogens is 355 g/mol. The molecule has 0 aromatic heterocycles. The topological polar surface area (TPSA) is 32.3 Å². The van der Waals surface area contributed by atoms with Crippen molar-refractivity contribution >= 4 is 29.1 Å². The predicted octanol–water partition coefficient (Wildman–Crippen LogP) is 4.52. The smallest absolute Gasteiger partial charge is 0.223 e. The Hall–Kier alpha value is -1.55. The van der Waals surface area contributed by atoms with Crippen molar-refractivity contribution in [3.05, 3.63) is 69.7 Å². The van der Waals surface area contributed by atoms with E-state index < -0.39 is 0 Å². The quantitative estimate of drug-likeness (QED) is 0.803. The van der Waals surface area contributed by atoms with E-state index >= 15 is 0 Å². The highest BCUT2D eigenvalue weighted by molar-refractivity contribution is 6.31. The second-order valence-corrected chi connectivity index (χ2v) is 7.53. The molecule has 0 heterocycles. The zero-order valence-electron chi connectivity index (χ0n) is 14.4. The van der Waals surface area contributed by atoms with E-state index in [0.29, 0.717) is 6.54 Å². The first-order valence-electron chi connectivity index (χ1n) is 8.42. The van der Waals surface area contributed by atoms with E-state index in [0.717, 1.165) is 27.6 Å². The highest BCUT2D eigenvalue weighted by atomic mass is 35.5. The number of nitrogens with one attached hydrogen (secondary N) is 1. The van der Waals surface area contributed by atoms with Crippen molar-refractivity contribution in [1.82, 2.24) is 10.2 Å². The molecule has 0 aliphatic heterocycles. The fourth-order valence-corrected chi connectivity index (χ4v) is 3.79. The minimum atomic E-state index is 0.00829. The number of rotatable bonds is 6. The summed E-state index contributed by atoms with van der Waals surface area (Å²) in [5.41, 5.74) is 2.09. The number of hydrogen-bond acceptors (Lipinski definition) is 2. The molecule has 3 rings (SSSR count). The van der Waals surface area contributed by atoms with E-state index in [2.05, 4.69) is 10.2 Å². The number of hydrogen-bond donors (Lipinski definition) is 1. The molecule has 1 fully saturated rings. The molecule has 3 atom stereocenters. The van der Waals surface area contributed by atoms with E-state index in [-0.39, 0.29) is 23.8 Å². The van der Waals surface area contributed by atoms with Crippen molar-refractivity contribution < 1.29 is 4.79 Å². The van der Waals surface area contributed by atoms with Crippen molar-refractivity contribution in [2.75, 3.05) is 20.6 Å². The summed E-state index contributed by atoms with van der Waals surface area (Å²) in [6.07, 6.45) is 0.855. The average molecular weight is 377 g/mol. The lowest BCUT2D eigenvalue weighted by molar-refractivity contribution is -0.122. The largest absolute Gasteiger partial charge is 0.354 e.